The minimum atomic E-state index is 0.144. The number of piperidine rings is 1. The molecule has 116 valence electrons. The molecule has 3 fully saturated rings. The average Bonchev–Trinajstić information content (AvgIpc) is 3.32. The fourth-order valence-corrected chi connectivity index (χ4v) is 4.92. The SMILES string of the molecule is COCC(CN)(C1CC1)N1CCC2(CCCCC2)CC1. The molecule has 3 aliphatic rings. The van der Waals surface area contributed by atoms with Crippen LogP contribution in [-0.4, -0.2) is 43.8 Å². The minimum Gasteiger partial charge on any atom is -0.383 e. The van der Waals surface area contributed by atoms with E-state index in [1.807, 2.05) is 7.11 Å². The normalized spacial score (nSPS) is 30.3. The van der Waals surface area contributed by atoms with E-state index in [1.165, 1.54) is 70.9 Å². The Hall–Kier alpha value is -0.120. The molecule has 2 N–H and O–H groups in total. The van der Waals surface area contributed by atoms with E-state index in [0.29, 0.717) is 5.41 Å². The first-order valence-electron chi connectivity index (χ1n) is 8.69. The summed E-state index contributed by atoms with van der Waals surface area (Å²) in [4.78, 5) is 2.70. The van der Waals surface area contributed by atoms with Crippen molar-refractivity contribution in [2.45, 2.75) is 63.3 Å². The first-order valence-corrected chi connectivity index (χ1v) is 8.69. The van der Waals surface area contributed by atoms with Gasteiger partial charge in [0.25, 0.3) is 0 Å². The van der Waals surface area contributed by atoms with Gasteiger partial charge >= 0.3 is 0 Å². The molecule has 2 aliphatic carbocycles. The van der Waals surface area contributed by atoms with Crippen molar-refractivity contribution in [2.75, 3.05) is 33.4 Å². The summed E-state index contributed by atoms with van der Waals surface area (Å²) < 4.78 is 5.57. The van der Waals surface area contributed by atoms with Crippen molar-refractivity contribution >= 4 is 0 Å². The van der Waals surface area contributed by atoms with Gasteiger partial charge in [-0.3, -0.25) is 4.90 Å². The van der Waals surface area contributed by atoms with Crippen molar-refractivity contribution < 1.29 is 4.74 Å². The lowest BCUT2D eigenvalue weighted by Crippen LogP contribution is -2.61. The highest BCUT2D eigenvalue weighted by Gasteiger charge is 2.50. The lowest BCUT2D eigenvalue weighted by molar-refractivity contribution is -0.0430. The second-order valence-corrected chi connectivity index (χ2v) is 7.56. The predicted molar refractivity (Wildman–Crippen MR) is 82.7 cm³/mol. The Bertz CT molecular complexity index is 313. The van der Waals surface area contributed by atoms with Gasteiger partial charge in [-0.2, -0.15) is 0 Å². The van der Waals surface area contributed by atoms with Gasteiger partial charge in [-0.15, -0.1) is 0 Å². The molecule has 3 heteroatoms. The van der Waals surface area contributed by atoms with Crippen LogP contribution in [0, 0.1) is 11.3 Å². The molecule has 20 heavy (non-hydrogen) atoms. The highest BCUT2D eigenvalue weighted by Crippen LogP contribution is 2.49. The second kappa shape index (κ2) is 5.94. The summed E-state index contributed by atoms with van der Waals surface area (Å²) in [5.74, 6) is 0.785. The van der Waals surface area contributed by atoms with Crippen LogP contribution < -0.4 is 5.73 Å². The van der Waals surface area contributed by atoms with Gasteiger partial charge in [0.15, 0.2) is 0 Å². The smallest absolute Gasteiger partial charge is 0.0661 e. The van der Waals surface area contributed by atoms with E-state index in [4.69, 9.17) is 10.5 Å². The molecule has 0 bridgehead atoms. The van der Waals surface area contributed by atoms with E-state index >= 15 is 0 Å². The Morgan fingerprint density at radius 2 is 1.75 bits per heavy atom. The lowest BCUT2D eigenvalue weighted by atomic mass is 9.67. The van der Waals surface area contributed by atoms with E-state index in [-0.39, 0.29) is 5.54 Å². The number of methoxy groups -OCH3 is 1. The lowest BCUT2D eigenvalue weighted by Gasteiger charge is -2.51. The Labute approximate surface area is 124 Å². The summed E-state index contributed by atoms with van der Waals surface area (Å²) in [5.41, 5.74) is 7.04. The van der Waals surface area contributed by atoms with Crippen molar-refractivity contribution in [3.05, 3.63) is 0 Å². The van der Waals surface area contributed by atoms with Crippen molar-refractivity contribution in [1.82, 2.24) is 4.90 Å². The summed E-state index contributed by atoms with van der Waals surface area (Å²) in [5, 5.41) is 0. The number of hydrogen-bond acceptors (Lipinski definition) is 3. The number of likely N-dealkylation sites (tertiary alicyclic amines) is 1. The summed E-state index contributed by atoms with van der Waals surface area (Å²) in [6, 6.07) is 0. The molecule has 0 amide bonds. The van der Waals surface area contributed by atoms with Gasteiger partial charge < -0.3 is 10.5 Å². The Morgan fingerprint density at radius 3 is 2.25 bits per heavy atom. The van der Waals surface area contributed by atoms with Crippen LogP contribution in [-0.2, 0) is 4.74 Å². The number of nitrogens with zero attached hydrogens (tertiary/aromatic N) is 1. The van der Waals surface area contributed by atoms with E-state index < -0.39 is 0 Å². The Balaban J connectivity index is 1.65. The quantitative estimate of drug-likeness (QED) is 0.841. The molecule has 2 saturated carbocycles. The first-order chi connectivity index (χ1) is 9.75. The molecule has 3 rings (SSSR count). The van der Waals surface area contributed by atoms with Crippen LogP contribution in [0.3, 0.4) is 0 Å². The third-order valence-corrected chi connectivity index (χ3v) is 6.45. The molecule has 0 aromatic carbocycles. The van der Waals surface area contributed by atoms with Crippen LogP contribution in [0.2, 0.25) is 0 Å². The van der Waals surface area contributed by atoms with Crippen LogP contribution >= 0.6 is 0 Å². The van der Waals surface area contributed by atoms with Crippen LogP contribution in [0.4, 0.5) is 0 Å². The van der Waals surface area contributed by atoms with E-state index in [0.717, 1.165) is 19.1 Å². The summed E-state index contributed by atoms with van der Waals surface area (Å²) in [6.45, 7) is 4.08. The molecule has 1 atom stereocenters. The monoisotopic (exact) mass is 280 g/mol. The largest absolute Gasteiger partial charge is 0.383 e. The maximum Gasteiger partial charge on any atom is 0.0661 e. The van der Waals surface area contributed by atoms with E-state index in [1.54, 1.807) is 0 Å². The van der Waals surface area contributed by atoms with Gasteiger partial charge in [-0.05, 0) is 62.9 Å². The zero-order valence-electron chi connectivity index (χ0n) is 13.2. The van der Waals surface area contributed by atoms with Gasteiger partial charge in [-0.25, -0.2) is 0 Å². The molecule has 1 heterocycles. The zero-order valence-corrected chi connectivity index (χ0v) is 13.2. The van der Waals surface area contributed by atoms with Crippen molar-refractivity contribution in [3.63, 3.8) is 0 Å². The molecule has 1 spiro atoms. The van der Waals surface area contributed by atoms with Crippen LogP contribution in [0.15, 0.2) is 0 Å². The Kier molecular flexibility index (Phi) is 4.40. The van der Waals surface area contributed by atoms with Gasteiger partial charge in [0.1, 0.15) is 0 Å². The standard InChI is InChI=1S/C17H32N2O/c1-20-14-17(13-18,15-5-6-15)19-11-9-16(10-12-19)7-3-2-4-8-16/h15H,2-14,18H2,1H3. The topological polar surface area (TPSA) is 38.5 Å². The average molecular weight is 280 g/mol. The fraction of sp³-hybridized carbons (Fsp3) is 1.00. The molecular formula is C17H32N2O. The highest BCUT2D eigenvalue weighted by molar-refractivity contribution is 5.05. The van der Waals surface area contributed by atoms with Gasteiger partial charge in [-0.1, -0.05) is 19.3 Å². The minimum absolute atomic E-state index is 0.144. The summed E-state index contributed by atoms with van der Waals surface area (Å²) >= 11 is 0. The molecule has 3 nitrogen and oxygen atoms in total. The van der Waals surface area contributed by atoms with Crippen molar-refractivity contribution in [1.29, 1.82) is 0 Å². The summed E-state index contributed by atoms with van der Waals surface area (Å²) in [6.07, 6.45) is 12.8. The van der Waals surface area contributed by atoms with Crippen LogP contribution in [0.25, 0.3) is 0 Å². The second-order valence-electron chi connectivity index (χ2n) is 7.56. The summed E-state index contributed by atoms with van der Waals surface area (Å²) in [7, 11) is 1.83. The molecular weight excluding hydrogens is 248 g/mol. The molecule has 1 aliphatic heterocycles. The number of nitrogens with two attached hydrogens (primary N) is 1. The highest BCUT2D eigenvalue weighted by atomic mass is 16.5. The molecule has 1 unspecified atom stereocenters. The van der Waals surface area contributed by atoms with Gasteiger partial charge in [0.05, 0.1) is 12.1 Å². The molecule has 1 saturated heterocycles. The van der Waals surface area contributed by atoms with Gasteiger partial charge in [0.2, 0.25) is 0 Å². The number of hydrogen-bond donors (Lipinski definition) is 1. The van der Waals surface area contributed by atoms with E-state index in [2.05, 4.69) is 4.90 Å². The molecule has 0 radical (unpaired) electrons. The number of ether oxygens (including phenoxy) is 1. The van der Waals surface area contributed by atoms with Crippen LogP contribution in [0.1, 0.15) is 57.8 Å². The zero-order chi connectivity index (χ0) is 14.1. The van der Waals surface area contributed by atoms with Crippen LogP contribution in [0.5, 0.6) is 0 Å². The maximum absolute atomic E-state index is 6.21. The maximum atomic E-state index is 6.21. The fourth-order valence-electron chi connectivity index (χ4n) is 4.92. The predicted octanol–water partition coefficient (Wildman–Crippen LogP) is 2.79. The third kappa shape index (κ3) is 2.65. The van der Waals surface area contributed by atoms with Crippen molar-refractivity contribution in [3.8, 4) is 0 Å². The molecule has 0 aromatic heterocycles. The third-order valence-electron chi connectivity index (χ3n) is 6.45. The molecule has 0 aromatic rings. The Morgan fingerprint density at radius 1 is 1.10 bits per heavy atom. The van der Waals surface area contributed by atoms with Gasteiger partial charge in [0, 0.05) is 13.7 Å². The first kappa shape index (κ1) is 14.8. The van der Waals surface area contributed by atoms with E-state index in [9.17, 15) is 0 Å². The van der Waals surface area contributed by atoms with Crippen molar-refractivity contribution in [2.24, 2.45) is 17.1 Å². The number of rotatable bonds is 5.